The van der Waals surface area contributed by atoms with Crippen molar-refractivity contribution in [2.24, 2.45) is 0 Å². The van der Waals surface area contributed by atoms with Crippen LogP contribution in [0.4, 0.5) is 0 Å². The molecule has 0 aliphatic carbocycles. The number of aromatic nitrogens is 1. The monoisotopic (exact) mass is 285 g/mol. The van der Waals surface area contributed by atoms with Gasteiger partial charge < -0.3 is 0 Å². The summed E-state index contributed by atoms with van der Waals surface area (Å²) >= 11 is 7.57. The number of hydrogen-bond donors (Lipinski definition) is 0. The highest BCUT2D eigenvalue weighted by Crippen LogP contribution is 2.24. The Morgan fingerprint density at radius 3 is 2.63 bits per heavy atom. The fourth-order valence-corrected chi connectivity index (χ4v) is 2.84. The molecule has 2 aromatic carbocycles. The van der Waals surface area contributed by atoms with Gasteiger partial charge >= 0.3 is 0 Å². The predicted molar refractivity (Wildman–Crippen MR) is 84.7 cm³/mol. The van der Waals surface area contributed by atoms with Crippen molar-refractivity contribution in [3.05, 3.63) is 63.6 Å². The third kappa shape index (κ3) is 2.86. The first-order valence-electron chi connectivity index (χ1n) is 6.01. The van der Waals surface area contributed by atoms with Crippen LogP contribution in [0, 0.1) is 6.92 Å². The van der Waals surface area contributed by atoms with Gasteiger partial charge in [0.25, 0.3) is 0 Å². The minimum Gasteiger partial charge on any atom is -0.237 e. The predicted octanol–water partition coefficient (Wildman–Crippen LogP) is 5.43. The molecule has 0 spiro atoms. The molecule has 1 nitrogen and oxygen atoms in total. The van der Waals surface area contributed by atoms with Gasteiger partial charge in [0.2, 0.25) is 0 Å². The van der Waals surface area contributed by atoms with Crippen LogP contribution in [0.1, 0.15) is 16.1 Å². The van der Waals surface area contributed by atoms with E-state index in [1.54, 1.807) is 11.3 Å². The van der Waals surface area contributed by atoms with Crippen molar-refractivity contribution in [1.82, 2.24) is 4.98 Å². The van der Waals surface area contributed by atoms with E-state index in [9.17, 15) is 0 Å². The van der Waals surface area contributed by atoms with Crippen LogP contribution in [0.3, 0.4) is 0 Å². The minimum atomic E-state index is 0.757. The highest BCUT2D eigenvalue weighted by molar-refractivity contribution is 7.19. The van der Waals surface area contributed by atoms with E-state index in [1.807, 2.05) is 30.3 Å². The lowest BCUT2D eigenvalue weighted by Crippen LogP contribution is -1.73. The van der Waals surface area contributed by atoms with Crippen molar-refractivity contribution in [2.75, 3.05) is 0 Å². The van der Waals surface area contributed by atoms with Crippen LogP contribution < -0.4 is 0 Å². The Labute approximate surface area is 121 Å². The van der Waals surface area contributed by atoms with E-state index in [1.165, 1.54) is 10.3 Å². The quantitative estimate of drug-likeness (QED) is 0.612. The lowest BCUT2D eigenvalue weighted by atomic mass is 10.2. The van der Waals surface area contributed by atoms with E-state index in [2.05, 4.69) is 36.2 Å². The third-order valence-corrected chi connectivity index (χ3v) is 4.10. The molecule has 0 aliphatic heterocycles. The molecule has 0 saturated heterocycles. The summed E-state index contributed by atoms with van der Waals surface area (Å²) in [6.45, 7) is 2.09. The van der Waals surface area contributed by atoms with Gasteiger partial charge in [-0.05, 0) is 48.4 Å². The Hall–Kier alpha value is -1.64. The van der Waals surface area contributed by atoms with Crippen LogP contribution in [0.15, 0.2) is 42.5 Å². The van der Waals surface area contributed by atoms with E-state index in [4.69, 9.17) is 11.6 Å². The van der Waals surface area contributed by atoms with Crippen LogP contribution in [0.25, 0.3) is 22.4 Å². The van der Waals surface area contributed by atoms with Crippen LogP contribution in [0.2, 0.25) is 5.02 Å². The van der Waals surface area contributed by atoms with E-state index in [0.717, 1.165) is 21.1 Å². The van der Waals surface area contributed by atoms with Crippen LogP contribution in [-0.2, 0) is 0 Å². The van der Waals surface area contributed by atoms with E-state index in [-0.39, 0.29) is 0 Å². The van der Waals surface area contributed by atoms with Gasteiger partial charge in [0, 0.05) is 5.02 Å². The number of halogens is 1. The SMILES string of the molecule is Cc1ccc2sc(C=Cc3ccc(Cl)cc3)nc2c1. The minimum absolute atomic E-state index is 0.757. The summed E-state index contributed by atoms with van der Waals surface area (Å²) < 4.78 is 1.22. The van der Waals surface area contributed by atoms with Gasteiger partial charge in [0.05, 0.1) is 10.2 Å². The van der Waals surface area contributed by atoms with Gasteiger partial charge in [-0.3, -0.25) is 0 Å². The lowest BCUT2D eigenvalue weighted by Gasteiger charge is -1.92. The van der Waals surface area contributed by atoms with Crippen molar-refractivity contribution in [3.63, 3.8) is 0 Å². The molecule has 1 aromatic heterocycles. The number of fused-ring (bicyclic) bond motifs is 1. The van der Waals surface area contributed by atoms with Gasteiger partial charge in [0.1, 0.15) is 5.01 Å². The average Bonchev–Trinajstić information content (AvgIpc) is 2.80. The van der Waals surface area contributed by atoms with Crippen LogP contribution in [0.5, 0.6) is 0 Å². The van der Waals surface area contributed by atoms with Gasteiger partial charge in [-0.15, -0.1) is 11.3 Å². The topological polar surface area (TPSA) is 12.9 Å². The van der Waals surface area contributed by atoms with E-state index < -0.39 is 0 Å². The molecule has 0 N–H and O–H groups in total. The number of rotatable bonds is 2. The number of nitrogens with zero attached hydrogens (tertiary/aromatic N) is 1. The molecule has 0 fully saturated rings. The maximum Gasteiger partial charge on any atom is 0.117 e. The molecule has 19 heavy (non-hydrogen) atoms. The summed E-state index contributed by atoms with van der Waals surface area (Å²) in [6, 6.07) is 14.1. The molecule has 0 bridgehead atoms. The normalized spacial score (nSPS) is 11.5. The van der Waals surface area contributed by atoms with E-state index in [0.29, 0.717) is 0 Å². The zero-order chi connectivity index (χ0) is 13.2. The highest BCUT2D eigenvalue weighted by Gasteiger charge is 2.00. The number of hydrogen-bond acceptors (Lipinski definition) is 2. The second-order valence-electron chi connectivity index (χ2n) is 4.41. The molecule has 0 saturated carbocycles. The summed E-state index contributed by atoms with van der Waals surface area (Å²) in [4.78, 5) is 4.61. The second-order valence-corrected chi connectivity index (χ2v) is 5.91. The largest absolute Gasteiger partial charge is 0.237 e. The smallest absolute Gasteiger partial charge is 0.117 e. The Kier molecular flexibility index (Phi) is 3.36. The first kappa shape index (κ1) is 12.4. The Morgan fingerprint density at radius 1 is 1.05 bits per heavy atom. The van der Waals surface area contributed by atoms with Crippen molar-refractivity contribution < 1.29 is 0 Å². The van der Waals surface area contributed by atoms with Crippen LogP contribution in [-0.4, -0.2) is 4.98 Å². The molecule has 0 aliphatic rings. The summed E-state index contributed by atoms with van der Waals surface area (Å²) in [5.41, 5.74) is 3.44. The van der Waals surface area contributed by atoms with Gasteiger partial charge in [-0.2, -0.15) is 0 Å². The molecule has 3 aromatic rings. The first-order valence-corrected chi connectivity index (χ1v) is 7.21. The van der Waals surface area contributed by atoms with Gasteiger partial charge in [-0.25, -0.2) is 4.98 Å². The average molecular weight is 286 g/mol. The third-order valence-electron chi connectivity index (χ3n) is 2.85. The van der Waals surface area contributed by atoms with Crippen LogP contribution >= 0.6 is 22.9 Å². The summed E-state index contributed by atoms with van der Waals surface area (Å²) in [5.74, 6) is 0. The lowest BCUT2D eigenvalue weighted by molar-refractivity contribution is 1.43. The second kappa shape index (κ2) is 5.16. The maximum atomic E-state index is 5.86. The number of aryl methyl sites for hydroxylation is 1. The number of benzene rings is 2. The van der Waals surface area contributed by atoms with Crippen molar-refractivity contribution >= 4 is 45.3 Å². The molecule has 94 valence electrons. The van der Waals surface area contributed by atoms with Gasteiger partial charge in [-0.1, -0.05) is 35.9 Å². The first-order chi connectivity index (χ1) is 9.20. The molecule has 3 heteroatoms. The fraction of sp³-hybridized carbons (Fsp3) is 0.0625. The Balaban J connectivity index is 1.90. The highest BCUT2D eigenvalue weighted by atomic mass is 35.5. The zero-order valence-electron chi connectivity index (χ0n) is 10.4. The Morgan fingerprint density at radius 2 is 1.84 bits per heavy atom. The Bertz CT molecular complexity index is 741. The number of thiazole rings is 1. The maximum absolute atomic E-state index is 5.86. The molecule has 0 amide bonds. The fourth-order valence-electron chi connectivity index (χ4n) is 1.87. The molecular weight excluding hydrogens is 274 g/mol. The summed E-state index contributed by atoms with van der Waals surface area (Å²) in [5, 5.41) is 1.78. The van der Waals surface area contributed by atoms with E-state index >= 15 is 0 Å². The van der Waals surface area contributed by atoms with Gasteiger partial charge in [0.15, 0.2) is 0 Å². The molecule has 0 radical (unpaired) electrons. The summed E-state index contributed by atoms with van der Waals surface area (Å²) in [6.07, 6.45) is 4.10. The summed E-state index contributed by atoms with van der Waals surface area (Å²) in [7, 11) is 0. The zero-order valence-corrected chi connectivity index (χ0v) is 12.0. The van der Waals surface area contributed by atoms with Crippen molar-refractivity contribution in [2.45, 2.75) is 6.92 Å². The molecule has 1 heterocycles. The van der Waals surface area contributed by atoms with Crippen molar-refractivity contribution in [1.29, 1.82) is 0 Å². The molecule has 3 rings (SSSR count). The van der Waals surface area contributed by atoms with Crippen molar-refractivity contribution in [3.8, 4) is 0 Å². The molecule has 0 unspecified atom stereocenters. The standard InChI is InChI=1S/C16H12ClNS/c1-11-2-8-15-14(10-11)18-16(19-15)9-5-12-3-6-13(17)7-4-12/h2-10H,1H3. The molecular formula is C16H12ClNS. The molecule has 0 atom stereocenters.